The highest BCUT2D eigenvalue weighted by Crippen LogP contribution is 2.23. The van der Waals surface area contributed by atoms with Crippen LogP contribution in [0.5, 0.6) is 0 Å². The van der Waals surface area contributed by atoms with Gasteiger partial charge in [-0.1, -0.05) is 24.3 Å². The molecule has 0 aliphatic carbocycles. The molecule has 1 saturated heterocycles. The summed E-state index contributed by atoms with van der Waals surface area (Å²) >= 11 is 0. The van der Waals surface area contributed by atoms with Crippen molar-refractivity contribution in [3.05, 3.63) is 89.4 Å². The molecule has 2 N–H and O–H groups in total. The van der Waals surface area contributed by atoms with Gasteiger partial charge in [0.1, 0.15) is 0 Å². The van der Waals surface area contributed by atoms with Crippen LogP contribution in [0.15, 0.2) is 67.1 Å². The van der Waals surface area contributed by atoms with Crippen molar-refractivity contribution in [3.63, 3.8) is 0 Å². The van der Waals surface area contributed by atoms with E-state index in [1.807, 2.05) is 66.7 Å². The molecule has 34 heavy (non-hydrogen) atoms. The summed E-state index contributed by atoms with van der Waals surface area (Å²) in [7, 11) is 0. The van der Waals surface area contributed by atoms with Crippen molar-refractivity contribution in [2.24, 2.45) is 5.92 Å². The Kier molecular flexibility index (Phi) is 6.53. The number of nitrogens with zero attached hydrogens (tertiary/aromatic N) is 3. The average Bonchev–Trinajstić information content (AvgIpc) is 3.24. The fourth-order valence-corrected chi connectivity index (χ4v) is 4.53. The summed E-state index contributed by atoms with van der Waals surface area (Å²) in [6, 6.07) is 16.0. The summed E-state index contributed by atoms with van der Waals surface area (Å²) < 4.78 is 5.88. The lowest BCUT2D eigenvalue weighted by Gasteiger charge is -2.24. The Labute approximate surface area is 199 Å². The van der Waals surface area contributed by atoms with E-state index in [0.717, 1.165) is 34.1 Å². The fourth-order valence-electron chi connectivity index (χ4n) is 4.53. The number of aryl methyl sites for hydroxylation is 1. The summed E-state index contributed by atoms with van der Waals surface area (Å²) in [5, 5.41) is 11.8. The lowest BCUT2D eigenvalue weighted by Crippen LogP contribution is -2.36. The monoisotopic (exact) mass is 455 g/mol. The summed E-state index contributed by atoms with van der Waals surface area (Å²) in [5.74, 6) is 0.266. The summed E-state index contributed by atoms with van der Waals surface area (Å²) in [4.78, 5) is 19.6. The molecule has 0 saturated carbocycles. The van der Waals surface area contributed by atoms with E-state index in [1.54, 1.807) is 6.20 Å². The van der Waals surface area contributed by atoms with Gasteiger partial charge in [0.05, 0.1) is 24.9 Å². The molecule has 0 radical (unpaired) electrons. The summed E-state index contributed by atoms with van der Waals surface area (Å²) in [5.41, 5.74) is 6.11. The number of aromatic nitrogens is 3. The highest BCUT2D eigenvalue weighted by Gasteiger charge is 2.24. The molecule has 1 amide bonds. The normalized spacial score (nSPS) is 16.4. The molecule has 0 spiro atoms. The molecule has 1 atom stereocenters. The maximum absolute atomic E-state index is 13.5. The van der Waals surface area contributed by atoms with Crippen molar-refractivity contribution >= 4 is 22.5 Å². The predicted octanol–water partition coefficient (Wildman–Crippen LogP) is 4.21. The minimum Gasteiger partial charge on any atom is -0.381 e. The number of ether oxygens (including phenoxy) is 1. The summed E-state index contributed by atoms with van der Waals surface area (Å²) in [6.45, 7) is 5.16. The second-order valence-corrected chi connectivity index (χ2v) is 8.89. The number of nitrogens with one attached hydrogen (secondary N) is 2. The van der Waals surface area contributed by atoms with Gasteiger partial charge in [0.2, 0.25) is 0 Å². The topological polar surface area (TPSA) is 83.1 Å². The van der Waals surface area contributed by atoms with Gasteiger partial charge in [0.25, 0.3) is 5.91 Å². The molecule has 0 bridgehead atoms. The Morgan fingerprint density at radius 1 is 1.21 bits per heavy atom. The van der Waals surface area contributed by atoms with Crippen LogP contribution in [0.4, 0.5) is 5.69 Å². The van der Waals surface area contributed by atoms with Crippen molar-refractivity contribution < 1.29 is 9.53 Å². The zero-order valence-corrected chi connectivity index (χ0v) is 19.3. The SMILES string of the molecule is Cc1ccc(C(=O)N2CCOC[C@@H](Cc3cccc4[nH]ncc34)C2)cc1NCc1cccnc1. The Bertz CT molecular complexity index is 1270. The van der Waals surface area contributed by atoms with Crippen LogP contribution < -0.4 is 5.32 Å². The third-order valence-electron chi connectivity index (χ3n) is 6.40. The zero-order chi connectivity index (χ0) is 23.3. The number of hydrogen-bond donors (Lipinski definition) is 2. The fraction of sp³-hybridized carbons (Fsp3) is 0.296. The maximum Gasteiger partial charge on any atom is 0.254 e. The number of fused-ring (bicyclic) bond motifs is 1. The van der Waals surface area contributed by atoms with E-state index in [1.165, 1.54) is 5.56 Å². The van der Waals surface area contributed by atoms with Gasteiger partial charge >= 0.3 is 0 Å². The first-order valence-electron chi connectivity index (χ1n) is 11.7. The Morgan fingerprint density at radius 3 is 3.03 bits per heavy atom. The van der Waals surface area contributed by atoms with Gasteiger partial charge in [0.15, 0.2) is 0 Å². The van der Waals surface area contributed by atoms with E-state index in [2.05, 4.69) is 26.6 Å². The van der Waals surface area contributed by atoms with Gasteiger partial charge in [-0.2, -0.15) is 5.10 Å². The molecule has 4 aromatic rings. The zero-order valence-electron chi connectivity index (χ0n) is 19.3. The molecule has 174 valence electrons. The van der Waals surface area contributed by atoms with Gasteiger partial charge in [-0.05, 0) is 54.3 Å². The van der Waals surface area contributed by atoms with Crippen LogP contribution in [-0.4, -0.2) is 52.3 Å². The van der Waals surface area contributed by atoms with Crippen LogP contribution >= 0.6 is 0 Å². The number of H-pyrrole nitrogens is 1. The van der Waals surface area contributed by atoms with Crippen LogP contribution in [0.1, 0.15) is 27.0 Å². The van der Waals surface area contributed by atoms with Crippen molar-refractivity contribution in [3.8, 4) is 0 Å². The largest absolute Gasteiger partial charge is 0.381 e. The molecule has 2 aromatic carbocycles. The van der Waals surface area contributed by atoms with E-state index in [9.17, 15) is 4.79 Å². The van der Waals surface area contributed by atoms with Gasteiger partial charge in [-0.3, -0.25) is 14.9 Å². The summed E-state index contributed by atoms with van der Waals surface area (Å²) in [6.07, 6.45) is 6.32. The third-order valence-corrected chi connectivity index (χ3v) is 6.40. The van der Waals surface area contributed by atoms with Crippen molar-refractivity contribution in [2.45, 2.75) is 19.9 Å². The van der Waals surface area contributed by atoms with E-state index >= 15 is 0 Å². The molecule has 1 fully saturated rings. The molecule has 1 aliphatic heterocycles. The molecule has 7 heteroatoms. The number of hydrogen-bond acceptors (Lipinski definition) is 5. The number of amides is 1. The van der Waals surface area contributed by atoms with Gasteiger partial charge < -0.3 is 15.0 Å². The van der Waals surface area contributed by atoms with Crippen molar-refractivity contribution in [1.82, 2.24) is 20.1 Å². The molecule has 5 rings (SSSR count). The van der Waals surface area contributed by atoms with Gasteiger partial charge in [-0.15, -0.1) is 0 Å². The highest BCUT2D eigenvalue weighted by molar-refractivity contribution is 5.95. The van der Waals surface area contributed by atoms with E-state index in [0.29, 0.717) is 38.4 Å². The Hall–Kier alpha value is -3.71. The first-order chi connectivity index (χ1) is 16.7. The lowest BCUT2D eigenvalue weighted by molar-refractivity contribution is 0.0737. The molecule has 0 unspecified atom stereocenters. The lowest BCUT2D eigenvalue weighted by atomic mass is 9.97. The van der Waals surface area contributed by atoms with E-state index < -0.39 is 0 Å². The van der Waals surface area contributed by atoms with E-state index in [4.69, 9.17) is 4.74 Å². The number of aromatic amines is 1. The highest BCUT2D eigenvalue weighted by atomic mass is 16.5. The number of benzene rings is 2. The average molecular weight is 456 g/mol. The van der Waals surface area contributed by atoms with Crippen LogP contribution in [0.2, 0.25) is 0 Å². The number of anilines is 1. The maximum atomic E-state index is 13.5. The first-order valence-corrected chi connectivity index (χ1v) is 11.7. The minimum absolute atomic E-state index is 0.0430. The number of carbonyl (C=O) groups excluding carboxylic acids is 1. The van der Waals surface area contributed by atoms with Crippen LogP contribution in [0, 0.1) is 12.8 Å². The van der Waals surface area contributed by atoms with Crippen molar-refractivity contribution in [1.29, 1.82) is 0 Å². The van der Waals surface area contributed by atoms with Gasteiger partial charge in [0, 0.05) is 54.6 Å². The second kappa shape index (κ2) is 10.1. The second-order valence-electron chi connectivity index (χ2n) is 8.89. The van der Waals surface area contributed by atoms with E-state index in [-0.39, 0.29) is 11.8 Å². The molecular formula is C27H29N5O2. The third kappa shape index (κ3) is 4.94. The van der Waals surface area contributed by atoms with Crippen LogP contribution in [-0.2, 0) is 17.7 Å². The van der Waals surface area contributed by atoms with Crippen LogP contribution in [0.25, 0.3) is 10.9 Å². The van der Waals surface area contributed by atoms with Crippen LogP contribution in [0.3, 0.4) is 0 Å². The number of rotatable bonds is 6. The molecule has 1 aliphatic rings. The Morgan fingerprint density at radius 2 is 2.15 bits per heavy atom. The number of pyridine rings is 1. The Balaban J connectivity index is 1.29. The van der Waals surface area contributed by atoms with Crippen molar-refractivity contribution in [2.75, 3.05) is 31.6 Å². The molecule has 3 heterocycles. The predicted molar refractivity (Wildman–Crippen MR) is 133 cm³/mol. The molecule has 2 aromatic heterocycles. The first kappa shape index (κ1) is 22.1. The quantitative estimate of drug-likeness (QED) is 0.455. The molecular weight excluding hydrogens is 426 g/mol. The molecule has 7 nitrogen and oxygen atoms in total. The van der Waals surface area contributed by atoms with Gasteiger partial charge in [-0.25, -0.2) is 0 Å². The standard InChI is InChI=1S/C27H29N5O2/c1-19-7-8-23(13-26(19)29-15-20-4-3-9-28-14-20)27(33)32-10-11-34-18-21(17-32)12-22-5-2-6-25-24(22)16-30-31-25/h2-9,13-14,16,21,29H,10-12,15,17-18H2,1H3,(H,30,31)/t21-/m0/s1. The minimum atomic E-state index is 0.0430. The smallest absolute Gasteiger partial charge is 0.254 e. The number of carbonyl (C=O) groups is 1.